The van der Waals surface area contributed by atoms with Crippen molar-refractivity contribution in [2.24, 2.45) is 0 Å². The minimum atomic E-state index is -4.68. The van der Waals surface area contributed by atoms with Crippen LogP contribution >= 0.6 is 0 Å². The Kier molecular flexibility index (Phi) is 7.63. The van der Waals surface area contributed by atoms with Crippen LogP contribution in [0.1, 0.15) is 58.6 Å². The zero-order valence-electron chi connectivity index (χ0n) is 23.1. The number of piperazine rings is 1. The van der Waals surface area contributed by atoms with Crippen molar-refractivity contribution >= 4 is 23.4 Å². The van der Waals surface area contributed by atoms with Crippen molar-refractivity contribution in [2.75, 3.05) is 29.9 Å². The second-order valence-electron chi connectivity index (χ2n) is 10.9. The first-order valence-electron chi connectivity index (χ1n) is 14.0. The number of H-pyrrole nitrogens is 1. The van der Waals surface area contributed by atoms with Crippen LogP contribution in [0.5, 0.6) is 0 Å². The fourth-order valence-corrected chi connectivity index (χ4v) is 5.25. The number of aromatic amines is 1. The molecule has 0 radical (unpaired) electrons. The monoisotopic (exact) mass is 576 g/mol. The minimum absolute atomic E-state index is 0.125. The number of aromatic nitrogens is 5. The van der Waals surface area contributed by atoms with Crippen LogP contribution in [0.25, 0.3) is 0 Å². The van der Waals surface area contributed by atoms with Gasteiger partial charge in [-0.05, 0) is 49.1 Å². The minimum Gasteiger partial charge on any atom is -0.338 e. The van der Waals surface area contributed by atoms with Crippen molar-refractivity contribution in [2.45, 2.75) is 50.9 Å². The SMILES string of the molecule is C[C@@H]1CN(c2nccc(Nc3cc(C4CC4)[nH]n3)n2)CCN1Cc1ccc(CC(=O)c2cccnc2C(F)(F)F)cc1. The van der Waals surface area contributed by atoms with Gasteiger partial charge in [-0.2, -0.15) is 23.3 Å². The van der Waals surface area contributed by atoms with Crippen LogP contribution in [0.15, 0.2) is 60.9 Å². The normalized spacial score (nSPS) is 17.8. The van der Waals surface area contributed by atoms with Crippen LogP contribution in [0, 0.1) is 0 Å². The van der Waals surface area contributed by atoms with Crippen molar-refractivity contribution < 1.29 is 18.0 Å². The molecule has 9 nitrogen and oxygen atoms in total. The molecule has 0 unspecified atom stereocenters. The molecule has 1 aliphatic carbocycles. The van der Waals surface area contributed by atoms with E-state index in [4.69, 9.17) is 4.98 Å². The van der Waals surface area contributed by atoms with E-state index in [-0.39, 0.29) is 12.5 Å². The third-order valence-corrected chi connectivity index (χ3v) is 7.71. The Morgan fingerprint density at radius 1 is 1.02 bits per heavy atom. The van der Waals surface area contributed by atoms with Gasteiger partial charge in [0.1, 0.15) is 5.82 Å². The number of nitrogens with zero attached hydrogens (tertiary/aromatic N) is 6. The lowest BCUT2D eigenvalue weighted by Gasteiger charge is -2.40. The number of carbonyl (C=O) groups is 1. The predicted molar refractivity (Wildman–Crippen MR) is 152 cm³/mol. The summed E-state index contributed by atoms with van der Waals surface area (Å²) in [7, 11) is 0. The third-order valence-electron chi connectivity index (χ3n) is 7.71. The summed E-state index contributed by atoms with van der Waals surface area (Å²) in [4.78, 5) is 29.8. The molecule has 0 amide bonds. The summed E-state index contributed by atoms with van der Waals surface area (Å²) in [6.45, 7) is 5.22. The Morgan fingerprint density at radius 3 is 2.55 bits per heavy atom. The summed E-state index contributed by atoms with van der Waals surface area (Å²) in [6.07, 6.45) is 0.404. The Hall–Kier alpha value is -4.32. The molecule has 1 saturated carbocycles. The summed E-state index contributed by atoms with van der Waals surface area (Å²) in [5, 5.41) is 10.7. The number of anilines is 3. The zero-order valence-corrected chi connectivity index (χ0v) is 23.1. The van der Waals surface area contributed by atoms with E-state index >= 15 is 0 Å². The van der Waals surface area contributed by atoms with Crippen molar-refractivity contribution in [1.29, 1.82) is 0 Å². The molecule has 6 rings (SSSR count). The van der Waals surface area contributed by atoms with Crippen molar-refractivity contribution in [3.8, 4) is 0 Å². The lowest BCUT2D eigenvalue weighted by molar-refractivity contribution is -0.141. The van der Waals surface area contributed by atoms with Crippen LogP contribution in [0.4, 0.5) is 30.8 Å². The molecular weight excluding hydrogens is 545 g/mol. The highest BCUT2D eigenvalue weighted by Gasteiger charge is 2.36. The van der Waals surface area contributed by atoms with Gasteiger partial charge in [0.2, 0.25) is 5.95 Å². The molecule has 2 fully saturated rings. The highest BCUT2D eigenvalue weighted by molar-refractivity contribution is 5.98. The van der Waals surface area contributed by atoms with Gasteiger partial charge in [0.15, 0.2) is 17.3 Å². The smallest absolute Gasteiger partial charge is 0.338 e. The third kappa shape index (κ3) is 6.43. The maximum Gasteiger partial charge on any atom is 0.434 e. The predicted octanol–water partition coefficient (Wildman–Crippen LogP) is 5.37. The Bertz CT molecular complexity index is 1550. The largest absolute Gasteiger partial charge is 0.434 e. The number of pyridine rings is 1. The average Bonchev–Trinajstić information content (AvgIpc) is 3.73. The fourth-order valence-electron chi connectivity index (χ4n) is 5.25. The molecule has 2 aliphatic rings. The standard InChI is InChI=1S/C30H31F3N8O/c1-19-17-41(29-35-12-10-26(37-29)36-27-16-24(38-39-27)22-8-9-22)14-13-40(19)18-21-6-4-20(5-7-21)15-25(42)23-3-2-11-34-28(23)30(31,32)33/h2-7,10-12,16,19,22H,8-9,13-15,17-18H2,1H3,(H2,35,36,37,38,39)/t19-/m1/s1. The first-order chi connectivity index (χ1) is 20.2. The van der Waals surface area contributed by atoms with Gasteiger partial charge in [0, 0.05) is 74.3 Å². The van der Waals surface area contributed by atoms with Crippen LogP contribution in [-0.4, -0.2) is 61.5 Å². The molecule has 4 aromatic rings. The Labute approximate surface area is 241 Å². The molecule has 2 N–H and O–H groups in total. The average molecular weight is 577 g/mol. The topological polar surface area (TPSA) is 103 Å². The fraction of sp³-hybridized carbons (Fsp3) is 0.367. The number of hydrogen-bond donors (Lipinski definition) is 2. The molecule has 0 bridgehead atoms. The number of Topliss-reactive ketones (excluding diaryl/α,β-unsaturated/α-hetero) is 1. The maximum atomic E-state index is 13.3. The molecule has 218 valence electrons. The summed E-state index contributed by atoms with van der Waals surface area (Å²) < 4.78 is 39.8. The van der Waals surface area contributed by atoms with Gasteiger partial charge in [-0.1, -0.05) is 24.3 Å². The lowest BCUT2D eigenvalue weighted by Crippen LogP contribution is -2.51. The number of benzene rings is 1. The molecule has 1 saturated heterocycles. The van der Waals surface area contributed by atoms with E-state index < -0.39 is 23.2 Å². The molecular formula is C30H31F3N8O. The number of carbonyl (C=O) groups excluding carboxylic acids is 1. The van der Waals surface area contributed by atoms with Crippen molar-refractivity contribution in [3.63, 3.8) is 0 Å². The van der Waals surface area contributed by atoms with E-state index in [0.717, 1.165) is 49.5 Å². The molecule has 42 heavy (non-hydrogen) atoms. The van der Waals surface area contributed by atoms with Crippen LogP contribution < -0.4 is 10.2 Å². The number of rotatable bonds is 9. The molecule has 12 heteroatoms. The first-order valence-corrected chi connectivity index (χ1v) is 14.0. The Balaban J connectivity index is 1.03. The van der Waals surface area contributed by atoms with E-state index in [1.807, 2.05) is 24.3 Å². The molecule has 0 spiro atoms. The van der Waals surface area contributed by atoms with Gasteiger partial charge in [0.25, 0.3) is 0 Å². The van der Waals surface area contributed by atoms with Crippen LogP contribution in [0.2, 0.25) is 0 Å². The number of halogens is 3. The molecule has 4 heterocycles. The highest BCUT2D eigenvalue weighted by atomic mass is 19.4. The van der Waals surface area contributed by atoms with E-state index in [0.29, 0.717) is 23.2 Å². The maximum absolute atomic E-state index is 13.3. The van der Waals surface area contributed by atoms with Gasteiger partial charge < -0.3 is 10.2 Å². The number of hydrogen-bond acceptors (Lipinski definition) is 8. The number of ketones is 1. The highest BCUT2D eigenvalue weighted by Crippen LogP contribution is 2.39. The van der Waals surface area contributed by atoms with Crippen molar-refractivity contribution in [1.82, 2.24) is 30.0 Å². The first kappa shape index (κ1) is 27.8. The second-order valence-corrected chi connectivity index (χ2v) is 10.9. The van der Waals surface area contributed by atoms with E-state index in [2.05, 4.69) is 42.2 Å². The summed E-state index contributed by atoms with van der Waals surface area (Å²) in [6, 6.07) is 14.1. The van der Waals surface area contributed by atoms with Gasteiger partial charge in [-0.15, -0.1) is 0 Å². The summed E-state index contributed by atoms with van der Waals surface area (Å²) in [5.41, 5.74) is 1.33. The van der Waals surface area contributed by atoms with Crippen LogP contribution in [0.3, 0.4) is 0 Å². The zero-order chi connectivity index (χ0) is 29.3. The van der Waals surface area contributed by atoms with Crippen LogP contribution in [-0.2, 0) is 19.1 Å². The summed E-state index contributed by atoms with van der Waals surface area (Å²) >= 11 is 0. The van der Waals surface area contributed by atoms with Gasteiger partial charge in [-0.25, -0.2) is 4.98 Å². The van der Waals surface area contributed by atoms with Crippen molar-refractivity contribution in [3.05, 3.63) is 89.0 Å². The molecule has 1 aliphatic heterocycles. The van der Waals surface area contributed by atoms with Gasteiger partial charge in [-0.3, -0.25) is 19.8 Å². The number of nitrogens with one attached hydrogen (secondary N) is 2. The van der Waals surface area contributed by atoms with E-state index in [9.17, 15) is 18.0 Å². The second kappa shape index (κ2) is 11.5. The van der Waals surface area contributed by atoms with Gasteiger partial charge in [0.05, 0.1) is 0 Å². The molecule has 3 aromatic heterocycles. The molecule has 1 atom stereocenters. The van der Waals surface area contributed by atoms with E-state index in [1.54, 1.807) is 18.3 Å². The quantitative estimate of drug-likeness (QED) is 0.257. The summed E-state index contributed by atoms with van der Waals surface area (Å²) in [5.74, 6) is 2.10. The number of alkyl halides is 3. The van der Waals surface area contributed by atoms with Gasteiger partial charge >= 0.3 is 6.18 Å². The Morgan fingerprint density at radius 2 is 1.81 bits per heavy atom. The molecule has 1 aromatic carbocycles. The van der Waals surface area contributed by atoms with E-state index in [1.165, 1.54) is 25.0 Å². The lowest BCUT2D eigenvalue weighted by atomic mass is 10.0.